The van der Waals surface area contributed by atoms with Crippen molar-refractivity contribution in [2.45, 2.75) is 32.7 Å². The number of rotatable bonds is 4. The van der Waals surface area contributed by atoms with Crippen molar-refractivity contribution in [2.24, 2.45) is 5.92 Å². The molecule has 0 fully saturated rings. The highest BCUT2D eigenvalue weighted by Crippen LogP contribution is 2.32. The SMILES string of the molecule is COC(=O)c1ccc2c(c1)C(NCC(C)C)CC2. The third-order valence-corrected chi connectivity index (χ3v) is 3.42. The van der Waals surface area contributed by atoms with E-state index in [1.165, 1.54) is 18.2 Å². The molecule has 1 aliphatic rings. The van der Waals surface area contributed by atoms with Gasteiger partial charge in [-0.2, -0.15) is 0 Å². The van der Waals surface area contributed by atoms with Crippen molar-refractivity contribution in [3.05, 3.63) is 34.9 Å². The summed E-state index contributed by atoms with van der Waals surface area (Å²) in [7, 11) is 1.42. The van der Waals surface area contributed by atoms with Gasteiger partial charge in [0.2, 0.25) is 0 Å². The number of methoxy groups -OCH3 is 1. The number of benzene rings is 1. The first-order valence-corrected chi connectivity index (χ1v) is 6.56. The molecule has 1 atom stereocenters. The normalized spacial score (nSPS) is 17.9. The van der Waals surface area contributed by atoms with Crippen LogP contribution in [0.1, 0.15) is 47.8 Å². The Balaban J connectivity index is 2.17. The molecular formula is C15H21NO2. The van der Waals surface area contributed by atoms with Crippen LogP contribution in [0.2, 0.25) is 0 Å². The Morgan fingerprint density at radius 2 is 2.28 bits per heavy atom. The molecule has 0 bridgehead atoms. The third-order valence-electron chi connectivity index (χ3n) is 3.42. The summed E-state index contributed by atoms with van der Waals surface area (Å²) in [4.78, 5) is 11.5. The minimum atomic E-state index is -0.257. The molecule has 0 saturated carbocycles. The van der Waals surface area contributed by atoms with E-state index in [1.807, 2.05) is 12.1 Å². The first-order chi connectivity index (χ1) is 8.61. The van der Waals surface area contributed by atoms with Crippen LogP contribution in [0.15, 0.2) is 18.2 Å². The molecule has 2 rings (SSSR count). The van der Waals surface area contributed by atoms with E-state index in [-0.39, 0.29) is 5.97 Å². The van der Waals surface area contributed by atoms with Gasteiger partial charge < -0.3 is 10.1 Å². The van der Waals surface area contributed by atoms with Crippen LogP contribution in [-0.2, 0) is 11.2 Å². The summed E-state index contributed by atoms with van der Waals surface area (Å²) in [5, 5.41) is 3.57. The zero-order chi connectivity index (χ0) is 13.1. The third kappa shape index (κ3) is 2.72. The molecule has 0 saturated heterocycles. The van der Waals surface area contributed by atoms with E-state index in [2.05, 4.69) is 25.2 Å². The maximum absolute atomic E-state index is 11.5. The highest BCUT2D eigenvalue weighted by Gasteiger charge is 2.23. The molecule has 0 radical (unpaired) electrons. The van der Waals surface area contributed by atoms with Gasteiger partial charge in [0.15, 0.2) is 0 Å². The van der Waals surface area contributed by atoms with Crippen molar-refractivity contribution < 1.29 is 9.53 Å². The van der Waals surface area contributed by atoms with Gasteiger partial charge in [-0.05, 0) is 48.6 Å². The summed E-state index contributed by atoms with van der Waals surface area (Å²) in [6.07, 6.45) is 2.21. The Hall–Kier alpha value is -1.35. The standard InChI is InChI=1S/C15H21NO2/c1-10(2)9-16-14-7-6-11-4-5-12(8-13(11)14)15(17)18-3/h4-5,8,10,14,16H,6-7,9H2,1-3H3. The van der Waals surface area contributed by atoms with Crippen molar-refractivity contribution in [3.8, 4) is 0 Å². The predicted octanol–water partition coefficient (Wildman–Crippen LogP) is 2.71. The lowest BCUT2D eigenvalue weighted by Crippen LogP contribution is -2.23. The fourth-order valence-corrected chi connectivity index (χ4v) is 2.44. The van der Waals surface area contributed by atoms with Gasteiger partial charge in [-0.3, -0.25) is 0 Å². The van der Waals surface area contributed by atoms with Crippen LogP contribution >= 0.6 is 0 Å². The molecule has 0 aliphatic heterocycles. The Morgan fingerprint density at radius 1 is 1.50 bits per heavy atom. The average molecular weight is 247 g/mol. The molecule has 3 heteroatoms. The lowest BCUT2D eigenvalue weighted by atomic mass is 10.0. The first kappa shape index (κ1) is 13.1. The largest absolute Gasteiger partial charge is 0.465 e. The van der Waals surface area contributed by atoms with Crippen molar-refractivity contribution >= 4 is 5.97 Å². The second-order valence-electron chi connectivity index (χ2n) is 5.30. The number of ether oxygens (including phenoxy) is 1. The van der Waals surface area contributed by atoms with E-state index in [9.17, 15) is 4.79 Å². The average Bonchev–Trinajstić information content (AvgIpc) is 2.77. The molecule has 98 valence electrons. The lowest BCUT2D eigenvalue weighted by Gasteiger charge is -2.16. The number of aryl methyl sites for hydroxylation is 1. The summed E-state index contributed by atoms with van der Waals surface area (Å²) in [6, 6.07) is 6.27. The van der Waals surface area contributed by atoms with Crippen LogP contribution in [-0.4, -0.2) is 19.6 Å². The van der Waals surface area contributed by atoms with Crippen LogP contribution in [0.3, 0.4) is 0 Å². The number of hydrogen-bond donors (Lipinski definition) is 1. The number of hydrogen-bond acceptors (Lipinski definition) is 3. The highest BCUT2D eigenvalue weighted by atomic mass is 16.5. The molecule has 18 heavy (non-hydrogen) atoms. The van der Waals surface area contributed by atoms with Gasteiger partial charge >= 0.3 is 5.97 Å². The van der Waals surface area contributed by atoms with E-state index >= 15 is 0 Å². The quantitative estimate of drug-likeness (QED) is 0.831. The molecule has 3 nitrogen and oxygen atoms in total. The van der Waals surface area contributed by atoms with E-state index < -0.39 is 0 Å². The van der Waals surface area contributed by atoms with Crippen LogP contribution < -0.4 is 5.32 Å². The summed E-state index contributed by atoms with van der Waals surface area (Å²) in [5.41, 5.74) is 3.26. The Bertz CT molecular complexity index is 440. The summed E-state index contributed by atoms with van der Waals surface area (Å²) in [6.45, 7) is 5.41. The highest BCUT2D eigenvalue weighted by molar-refractivity contribution is 5.89. The van der Waals surface area contributed by atoms with Crippen LogP contribution in [0, 0.1) is 5.92 Å². The van der Waals surface area contributed by atoms with Gasteiger partial charge in [0.25, 0.3) is 0 Å². The Kier molecular flexibility index (Phi) is 4.02. The maximum atomic E-state index is 11.5. The number of carbonyl (C=O) groups is 1. The predicted molar refractivity (Wildman–Crippen MR) is 71.7 cm³/mol. The fourth-order valence-electron chi connectivity index (χ4n) is 2.44. The molecule has 1 N–H and O–H groups in total. The van der Waals surface area contributed by atoms with E-state index in [1.54, 1.807) is 0 Å². The van der Waals surface area contributed by atoms with Gasteiger partial charge in [0.1, 0.15) is 0 Å². The second-order valence-corrected chi connectivity index (χ2v) is 5.30. The maximum Gasteiger partial charge on any atom is 0.337 e. The Morgan fingerprint density at radius 3 is 2.94 bits per heavy atom. The monoisotopic (exact) mass is 247 g/mol. The summed E-state index contributed by atoms with van der Waals surface area (Å²) >= 11 is 0. The molecule has 0 heterocycles. The second kappa shape index (κ2) is 5.53. The minimum absolute atomic E-state index is 0.257. The molecule has 1 aromatic rings. The Labute approximate surface area is 109 Å². The first-order valence-electron chi connectivity index (χ1n) is 6.56. The van der Waals surface area contributed by atoms with Crippen molar-refractivity contribution in [2.75, 3.05) is 13.7 Å². The smallest absolute Gasteiger partial charge is 0.337 e. The molecule has 0 spiro atoms. The number of fused-ring (bicyclic) bond motifs is 1. The van der Waals surface area contributed by atoms with Crippen molar-refractivity contribution in [3.63, 3.8) is 0 Å². The molecule has 1 aliphatic carbocycles. The van der Waals surface area contributed by atoms with Crippen LogP contribution in [0.4, 0.5) is 0 Å². The van der Waals surface area contributed by atoms with Crippen LogP contribution in [0.5, 0.6) is 0 Å². The topological polar surface area (TPSA) is 38.3 Å². The summed E-state index contributed by atoms with van der Waals surface area (Å²) < 4.78 is 4.77. The van der Waals surface area contributed by atoms with E-state index in [4.69, 9.17) is 4.74 Å². The van der Waals surface area contributed by atoms with Gasteiger partial charge in [-0.1, -0.05) is 19.9 Å². The number of esters is 1. The van der Waals surface area contributed by atoms with Gasteiger partial charge in [-0.15, -0.1) is 0 Å². The molecule has 0 amide bonds. The van der Waals surface area contributed by atoms with Gasteiger partial charge in [-0.25, -0.2) is 4.79 Å². The van der Waals surface area contributed by atoms with Crippen molar-refractivity contribution in [1.82, 2.24) is 5.32 Å². The summed E-state index contributed by atoms with van der Waals surface area (Å²) in [5.74, 6) is 0.380. The van der Waals surface area contributed by atoms with Gasteiger partial charge in [0.05, 0.1) is 12.7 Å². The number of nitrogens with one attached hydrogen (secondary N) is 1. The van der Waals surface area contributed by atoms with E-state index in [0.29, 0.717) is 17.5 Å². The fraction of sp³-hybridized carbons (Fsp3) is 0.533. The number of carbonyl (C=O) groups excluding carboxylic acids is 1. The molecule has 0 aromatic heterocycles. The minimum Gasteiger partial charge on any atom is -0.465 e. The zero-order valence-electron chi connectivity index (χ0n) is 11.3. The van der Waals surface area contributed by atoms with Crippen LogP contribution in [0.25, 0.3) is 0 Å². The van der Waals surface area contributed by atoms with Gasteiger partial charge in [0, 0.05) is 6.04 Å². The van der Waals surface area contributed by atoms with E-state index in [0.717, 1.165) is 19.4 Å². The van der Waals surface area contributed by atoms with Crippen molar-refractivity contribution in [1.29, 1.82) is 0 Å². The zero-order valence-corrected chi connectivity index (χ0v) is 11.3. The lowest BCUT2D eigenvalue weighted by molar-refractivity contribution is 0.0600. The molecule has 1 aromatic carbocycles. The molecule has 1 unspecified atom stereocenters. The molecular weight excluding hydrogens is 226 g/mol.